The quantitative estimate of drug-likeness (QED) is 0.832. The Hall–Kier alpha value is -2.04. The summed E-state index contributed by atoms with van der Waals surface area (Å²) in [4.78, 5) is 25.1. The normalized spacial score (nSPS) is 20.0. The van der Waals surface area contributed by atoms with Gasteiger partial charge >= 0.3 is 5.97 Å². The molecule has 0 aliphatic carbocycles. The Bertz CT molecular complexity index is 513. The molecule has 1 saturated heterocycles. The lowest BCUT2D eigenvalue weighted by atomic mass is 9.94. The van der Waals surface area contributed by atoms with Gasteiger partial charge in [0.2, 0.25) is 5.91 Å². The molecule has 1 aliphatic rings. The minimum Gasteiger partial charge on any atom is -0.481 e. The first-order valence-corrected chi connectivity index (χ1v) is 7.33. The topological polar surface area (TPSA) is 83.6 Å². The van der Waals surface area contributed by atoms with Gasteiger partial charge in [-0.3, -0.25) is 9.59 Å². The highest BCUT2D eigenvalue weighted by molar-refractivity contribution is 5.78. The first-order chi connectivity index (χ1) is 9.97. The van der Waals surface area contributed by atoms with Crippen LogP contribution in [0.25, 0.3) is 0 Å². The van der Waals surface area contributed by atoms with Crippen molar-refractivity contribution < 1.29 is 14.7 Å². The van der Waals surface area contributed by atoms with Gasteiger partial charge in [0.05, 0.1) is 5.92 Å². The molecule has 5 heteroatoms. The number of carboxylic acid groups (broad SMARTS) is 1. The van der Waals surface area contributed by atoms with E-state index < -0.39 is 11.9 Å². The number of carbonyl (C=O) groups is 2. The first kappa shape index (κ1) is 15.4. The third kappa shape index (κ3) is 3.97. The Labute approximate surface area is 124 Å². The lowest BCUT2D eigenvalue weighted by Gasteiger charge is -2.31. The molecule has 0 spiro atoms. The van der Waals surface area contributed by atoms with Gasteiger partial charge in [-0.05, 0) is 36.5 Å². The number of nitrogen functional groups attached to an aromatic ring is 1. The number of nitrogens with zero attached hydrogens (tertiary/aromatic N) is 1. The summed E-state index contributed by atoms with van der Waals surface area (Å²) in [7, 11) is 0. The molecular weight excluding hydrogens is 268 g/mol. The van der Waals surface area contributed by atoms with E-state index in [9.17, 15) is 9.59 Å². The Morgan fingerprint density at radius 1 is 1.38 bits per heavy atom. The second-order valence-electron chi connectivity index (χ2n) is 5.79. The highest BCUT2D eigenvalue weighted by atomic mass is 16.4. The molecular formula is C16H22N2O3. The molecule has 3 N–H and O–H groups in total. The molecule has 1 amide bonds. The highest BCUT2D eigenvalue weighted by Crippen LogP contribution is 2.23. The van der Waals surface area contributed by atoms with Crippen LogP contribution in [-0.2, 0) is 9.59 Å². The summed E-state index contributed by atoms with van der Waals surface area (Å²) in [6.45, 7) is 3.00. The van der Waals surface area contributed by atoms with Crippen LogP contribution < -0.4 is 5.73 Å². The van der Waals surface area contributed by atoms with Crippen molar-refractivity contribution in [2.24, 2.45) is 5.92 Å². The maximum atomic E-state index is 12.3. The molecule has 1 aromatic rings. The van der Waals surface area contributed by atoms with Crippen LogP contribution in [0.1, 0.15) is 37.7 Å². The number of hydrogen-bond donors (Lipinski definition) is 2. The molecule has 0 bridgehead atoms. The fourth-order valence-electron chi connectivity index (χ4n) is 2.74. The van der Waals surface area contributed by atoms with Gasteiger partial charge in [-0.2, -0.15) is 0 Å². The summed E-state index contributed by atoms with van der Waals surface area (Å²) in [6.07, 6.45) is 1.82. The van der Waals surface area contributed by atoms with Gasteiger partial charge in [0.25, 0.3) is 0 Å². The van der Waals surface area contributed by atoms with Crippen molar-refractivity contribution in [2.45, 2.75) is 32.1 Å². The zero-order valence-corrected chi connectivity index (χ0v) is 12.3. The predicted octanol–water partition coefficient (Wildman–Crippen LogP) is 2.09. The molecule has 0 saturated carbocycles. The maximum Gasteiger partial charge on any atom is 0.308 e. The van der Waals surface area contributed by atoms with Crippen LogP contribution in [0.5, 0.6) is 0 Å². The molecule has 2 unspecified atom stereocenters. The van der Waals surface area contributed by atoms with Crippen molar-refractivity contribution in [3.05, 3.63) is 29.8 Å². The molecule has 0 radical (unpaired) electrons. The smallest absolute Gasteiger partial charge is 0.308 e. The molecule has 1 heterocycles. The molecule has 1 fully saturated rings. The molecule has 1 aliphatic heterocycles. The van der Waals surface area contributed by atoms with Crippen molar-refractivity contribution in [3.63, 3.8) is 0 Å². The molecule has 21 heavy (non-hydrogen) atoms. The molecule has 114 valence electrons. The Morgan fingerprint density at radius 2 is 2.05 bits per heavy atom. The second kappa shape index (κ2) is 6.61. The third-order valence-electron chi connectivity index (χ3n) is 4.11. The summed E-state index contributed by atoms with van der Waals surface area (Å²) in [5.74, 6) is -1.10. The van der Waals surface area contributed by atoms with Crippen molar-refractivity contribution in [2.75, 3.05) is 18.8 Å². The van der Waals surface area contributed by atoms with Crippen molar-refractivity contribution in [1.29, 1.82) is 0 Å². The van der Waals surface area contributed by atoms with Crippen LogP contribution in [0.4, 0.5) is 5.69 Å². The second-order valence-corrected chi connectivity index (χ2v) is 5.79. The van der Waals surface area contributed by atoms with Crippen molar-refractivity contribution in [1.82, 2.24) is 4.90 Å². The van der Waals surface area contributed by atoms with E-state index in [4.69, 9.17) is 10.8 Å². The summed E-state index contributed by atoms with van der Waals surface area (Å²) >= 11 is 0. The summed E-state index contributed by atoms with van der Waals surface area (Å²) < 4.78 is 0. The molecule has 1 aromatic carbocycles. The van der Waals surface area contributed by atoms with Gasteiger partial charge in [0, 0.05) is 25.2 Å². The number of amides is 1. The van der Waals surface area contributed by atoms with Gasteiger partial charge in [0.15, 0.2) is 0 Å². The van der Waals surface area contributed by atoms with Crippen molar-refractivity contribution in [3.8, 4) is 0 Å². The molecule has 2 atom stereocenters. The summed E-state index contributed by atoms with van der Waals surface area (Å²) in [6, 6.07) is 7.53. The standard InChI is InChI=1S/C16H22N2O3/c1-11(12-4-6-14(17)7-5-12)9-15(19)18-8-2-3-13(10-18)16(20)21/h4-7,11,13H,2-3,8-10,17H2,1H3,(H,20,21). The third-order valence-corrected chi connectivity index (χ3v) is 4.11. The van der Waals surface area contributed by atoms with E-state index in [1.165, 1.54) is 0 Å². The fraction of sp³-hybridized carbons (Fsp3) is 0.500. The predicted molar refractivity (Wildman–Crippen MR) is 80.8 cm³/mol. The van der Waals surface area contributed by atoms with Gasteiger partial charge in [-0.1, -0.05) is 19.1 Å². The Kier molecular flexibility index (Phi) is 4.83. The van der Waals surface area contributed by atoms with E-state index in [1.54, 1.807) is 4.90 Å². The number of carboxylic acids is 1. The zero-order valence-electron chi connectivity index (χ0n) is 12.3. The van der Waals surface area contributed by atoms with Gasteiger partial charge in [-0.15, -0.1) is 0 Å². The number of rotatable bonds is 4. The number of benzene rings is 1. The Balaban J connectivity index is 1.94. The monoisotopic (exact) mass is 290 g/mol. The number of carbonyl (C=O) groups excluding carboxylic acids is 1. The zero-order chi connectivity index (χ0) is 15.4. The van der Waals surface area contributed by atoms with E-state index in [-0.39, 0.29) is 11.8 Å². The van der Waals surface area contributed by atoms with Crippen LogP contribution in [0.15, 0.2) is 24.3 Å². The van der Waals surface area contributed by atoms with Crippen molar-refractivity contribution >= 4 is 17.6 Å². The number of likely N-dealkylation sites (tertiary alicyclic amines) is 1. The SMILES string of the molecule is CC(CC(=O)N1CCCC(C(=O)O)C1)c1ccc(N)cc1. The minimum atomic E-state index is -0.806. The number of aliphatic carboxylic acids is 1. The minimum absolute atomic E-state index is 0.0327. The highest BCUT2D eigenvalue weighted by Gasteiger charge is 2.28. The largest absolute Gasteiger partial charge is 0.481 e. The van der Waals surface area contributed by atoms with Gasteiger partial charge in [-0.25, -0.2) is 0 Å². The average Bonchev–Trinajstić information content (AvgIpc) is 2.48. The number of anilines is 1. The van der Waals surface area contributed by atoms with E-state index in [0.717, 1.165) is 12.0 Å². The molecule has 5 nitrogen and oxygen atoms in total. The van der Waals surface area contributed by atoms with Crippen LogP contribution in [0.2, 0.25) is 0 Å². The maximum absolute atomic E-state index is 12.3. The number of nitrogens with two attached hydrogens (primary N) is 1. The lowest BCUT2D eigenvalue weighted by Crippen LogP contribution is -2.42. The van der Waals surface area contributed by atoms with Crippen LogP contribution in [0, 0.1) is 5.92 Å². The van der Waals surface area contributed by atoms with Crippen LogP contribution in [-0.4, -0.2) is 35.0 Å². The van der Waals surface area contributed by atoms with E-state index in [0.29, 0.717) is 31.6 Å². The molecule has 2 rings (SSSR count). The molecule has 0 aromatic heterocycles. The van der Waals surface area contributed by atoms with E-state index in [1.807, 2.05) is 31.2 Å². The Morgan fingerprint density at radius 3 is 2.67 bits per heavy atom. The van der Waals surface area contributed by atoms with E-state index in [2.05, 4.69) is 0 Å². The van der Waals surface area contributed by atoms with E-state index >= 15 is 0 Å². The summed E-state index contributed by atoms with van der Waals surface area (Å²) in [5.41, 5.74) is 7.44. The van der Waals surface area contributed by atoms with Gasteiger partial charge < -0.3 is 15.7 Å². The lowest BCUT2D eigenvalue weighted by molar-refractivity contribution is -0.145. The number of piperidine rings is 1. The average molecular weight is 290 g/mol. The van der Waals surface area contributed by atoms with Crippen LogP contribution in [0.3, 0.4) is 0 Å². The first-order valence-electron chi connectivity index (χ1n) is 7.33. The van der Waals surface area contributed by atoms with Gasteiger partial charge in [0.1, 0.15) is 0 Å². The number of hydrogen-bond acceptors (Lipinski definition) is 3. The fourth-order valence-corrected chi connectivity index (χ4v) is 2.74. The summed E-state index contributed by atoms with van der Waals surface area (Å²) in [5, 5.41) is 9.07. The van der Waals surface area contributed by atoms with Crippen LogP contribution >= 0.6 is 0 Å².